The molecule has 1 N–H and O–H groups in total. The quantitative estimate of drug-likeness (QED) is 0.712. The lowest BCUT2D eigenvalue weighted by Crippen LogP contribution is -2.46. The van der Waals surface area contributed by atoms with Gasteiger partial charge in [0.25, 0.3) is 6.43 Å². The number of aryl methyl sites for hydroxylation is 1. The Kier molecular flexibility index (Phi) is 7.55. The van der Waals surface area contributed by atoms with Crippen LogP contribution in [0.15, 0.2) is 47.8 Å². The summed E-state index contributed by atoms with van der Waals surface area (Å²) in [6.07, 6.45) is -1.28. The Labute approximate surface area is 158 Å². The Morgan fingerprint density at radius 3 is 2.50 bits per heavy atom. The molecular weight excluding hydrogens is 354 g/mol. The van der Waals surface area contributed by atoms with Gasteiger partial charge in [-0.3, -0.25) is 4.90 Å². The molecule has 0 radical (unpaired) electrons. The molecule has 3 rings (SSSR count). The third-order valence-electron chi connectivity index (χ3n) is 4.82. The van der Waals surface area contributed by atoms with E-state index >= 15 is 0 Å². The fourth-order valence-corrected chi connectivity index (χ4v) is 4.19. The van der Waals surface area contributed by atoms with Crippen molar-refractivity contribution >= 4 is 11.3 Å². The van der Waals surface area contributed by atoms with Crippen LogP contribution >= 0.6 is 11.3 Å². The van der Waals surface area contributed by atoms with Crippen LogP contribution in [0.5, 0.6) is 0 Å². The summed E-state index contributed by atoms with van der Waals surface area (Å²) in [5, 5.41) is 5.19. The van der Waals surface area contributed by atoms with Gasteiger partial charge in [0.1, 0.15) is 0 Å². The first-order valence-corrected chi connectivity index (χ1v) is 10.0. The second-order valence-corrected chi connectivity index (χ2v) is 7.53. The van der Waals surface area contributed by atoms with Crippen molar-refractivity contribution in [2.24, 2.45) is 0 Å². The van der Waals surface area contributed by atoms with E-state index in [-0.39, 0.29) is 6.04 Å². The standard InChI is InChI=1S/C20H26F2N2OS/c21-20(22)17(9-8-16-5-2-1-3-6-16)23-15-18(19-7-4-14-26-19)24-10-12-25-13-11-24/h1-7,14,17-18,20,23H,8-13,15H2/t17-,18+/m0/s1. The van der Waals surface area contributed by atoms with Gasteiger partial charge in [-0.15, -0.1) is 11.3 Å². The molecule has 1 aromatic carbocycles. The normalized spacial score (nSPS) is 18.1. The van der Waals surface area contributed by atoms with Gasteiger partial charge in [-0.1, -0.05) is 36.4 Å². The van der Waals surface area contributed by atoms with Crippen LogP contribution in [0.2, 0.25) is 0 Å². The number of thiophene rings is 1. The molecule has 1 aliphatic heterocycles. The molecule has 0 saturated carbocycles. The van der Waals surface area contributed by atoms with Crippen molar-refractivity contribution in [3.63, 3.8) is 0 Å². The predicted molar refractivity (Wildman–Crippen MR) is 102 cm³/mol. The highest BCUT2D eigenvalue weighted by atomic mass is 32.1. The number of ether oxygens (including phenoxy) is 1. The van der Waals surface area contributed by atoms with Crippen LogP contribution in [-0.4, -0.2) is 50.2 Å². The molecule has 0 bridgehead atoms. The third-order valence-corrected chi connectivity index (χ3v) is 5.80. The van der Waals surface area contributed by atoms with E-state index in [9.17, 15) is 8.78 Å². The summed E-state index contributed by atoms with van der Waals surface area (Å²) >= 11 is 1.68. The van der Waals surface area contributed by atoms with Gasteiger partial charge in [0.05, 0.1) is 25.3 Å². The van der Waals surface area contributed by atoms with Gasteiger partial charge in [0, 0.05) is 24.5 Å². The average Bonchev–Trinajstić information content (AvgIpc) is 3.20. The summed E-state index contributed by atoms with van der Waals surface area (Å²) in [6.45, 7) is 3.62. The number of benzene rings is 1. The number of hydrogen-bond donors (Lipinski definition) is 1. The number of hydrogen-bond acceptors (Lipinski definition) is 4. The van der Waals surface area contributed by atoms with E-state index < -0.39 is 12.5 Å². The first-order valence-electron chi connectivity index (χ1n) is 9.14. The van der Waals surface area contributed by atoms with Crippen LogP contribution in [0.25, 0.3) is 0 Å². The molecule has 0 aliphatic carbocycles. The van der Waals surface area contributed by atoms with Gasteiger partial charge >= 0.3 is 0 Å². The SMILES string of the molecule is FC(F)[C@H](CCc1ccccc1)NC[C@H](c1cccs1)N1CCOCC1. The second-order valence-electron chi connectivity index (χ2n) is 6.55. The molecule has 1 aromatic heterocycles. The maximum Gasteiger partial charge on any atom is 0.253 e. The largest absolute Gasteiger partial charge is 0.379 e. The Balaban J connectivity index is 1.59. The third kappa shape index (κ3) is 5.58. The fraction of sp³-hybridized carbons (Fsp3) is 0.500. The van der Waals surface area contributed by atoms with E-state index in [2.05, 4.69) is 16.3 Å². The molecule has 6 heteroatoms. The van der Waals surface area contributed by atoms with Crippen molar-refractivity contribution in [3.8, 4) is 0 Å². The molecule has 1 saturated heterocycles. The molecule has 0 amide bonds. The van der Waals surface area contributed by atoms with Crippen molar-refractivity contribution in [1.29, 1.82) is 0 Å². The molecule has 3 nitrogen and oxygen atoms in total. The smallest absolute Gasteiger partial charge is 0.253 e. The number of nitrogens with one attached hydrogen (secondary N) is 1. The van der Waals surface area contributed by atoms with Crippen LogP contribution < -0.4 is 5.32 Å². The Bertz CT molecular complexity index is 618. The predicted octanol–water partition coefficient (Wildman–Crippen LogP) is 3.98. The van der Waals surface area contributed by atoms with Gasteiger partial charge < -0.3 is 10.1 Å². The van der Waals surface area contributed by atoms with Crippen LogP contribution in [0.4, 0.5) is 8.78 Å². The topological polar surface area (TPSA) is 24.5 Å². The molecule has 2 heterocycles. The molecule has 2 aromatic rings. The van der Waals surface area contributed by atoms with Gasteiger partial charge in [-0.25, -0.2) is 8.78 Å². The first-order chi connectivity index (χ1) is 12.7. The highest BCUT2D eigenvalue weighted by Gasteiger charge is 2.26. The van der Waals surface area contributed by atoms with E-state index in [1.54, 1.807) is 11.3 Å². The first kappa shape index (κ1) is 19.4. The maximum atomic E-state index is 13.5. The average molecular weight is 381 g/mol. The molecular formula is C20H26F2N2OS. The molecule has 142 valence electrons. The molecule has 2 atom stereocenters. The van der Waals surface area contributed by atoms with Crippen molar-refractivity contribution in [1.82, 2.24) is 10.2 Å². The minimum atomic E-state index is -2.37. The summed E-state index contributed by atoms with van der Waals surface area (Å²) in [6, 6.07) is 13.3. The van der Waals surface area contributed by atoms with Gasteiger partial charge in [-0.2, -0.15) is 0 Å². The van der Waals surface area contributed by atoms with Gasteiger partial charge in [0.2, 0.25) is 0 Å². The Morgan fingerprint density at radius 1 is 1.08 bits per heavy atom. The van der Waals surface area contributed by atoms with E-state index in [1.807, 2.05) is 41.8 Å². The van der Waals surface area contributed by atoms with Crippen molar-refractivity contribution in [2.75, 3.05) is 32.8 Å². The van der Waals surface area contributed by atoms with Crippen LogP contribution in [-0.2, 0) is 11.2 Å². The van der Waals surface area contributed by atoms with Crippen LogP contribution in [0, 0.1) is 0 Å². The number of alkyl halides is 2. The Morgan fingerprint density at radius 2 is 1.85 bits per heavy atom. The van der Waals surface area contributed by atoms with E-state index in [0.29, 0.717) is 32.6 Å². The van der Waals surface area contributed by atoms with Crippen LogP contribution in [0.1, 0.15) is 22.9 Å². The fourth-order valence-electron chi connectivity index (χ4n) is 3.33. The number of nitrogens with zero attached hydrogens (tertiary/aromatic N) is 1. The van der Waals surface area contributed by atoms with E-state index in [4.69, 9.17) is 4.74 Å². The van der Waals surface area contributed by atoms with E-state index in [0.717, 1.165) is 18.7 Å². The summed E-state index contributed by atoms with van der Waals surface area (Å²) in [7, 11) is 0. The highest BCUT2D eigenvalue weighted by molar-refractivity contribution is 7.10. The molecule has 0 unspecified atom stereocenters. The molecule has 1 fully saturated rings. The molecule has 0 spiro atoms. The number of morpholine rings is 1. The monoisotopic (exact) mass is 380 g/mol. The van der Waals surface area contributed by atoms with Gasteiger partial charge in [0.15, 0.2) is 0 Å². The summed E-state index contributed by atoms with van der Waals surface area (Å²) in [5.41, 5.74) is 1.10. The number of rotatable bonds is 9. The van der Waals surface area contributed by atoms with Crippen molar-refractivity contribution < 1.29 is 13.5 Å². The lowest BCUT2D eigenvalue weighted by Gasteiger charge is -2.35. The maximum absolute atomic E-state index is 13.5. The Hall–Kier alpha value is -1.34. The minimum absolute atomic E-state index is 0.122. The summed E-state index contributed by atoms with van der Waals surface area (Å²) in [4.78, 5) is 3.55. The highest BCUT2D eigenvalue weighted by Crippen LogP contribution is 2.26. The van der Waals surface area contributed by atoms with E-state index in [1.165, 1.54) is 4.88 Å². The lowest BCUT2D eigenvalue weighted by molar-refractivity contribution is 0.0137. The molecule has 1 aliphatic rings. The van der Waals surface area contributed by atoms with Crippen LogP contribution in [0.3, 0.4) is 0 Å². The van der Waals surface area contributed by atoms with Crippen molar-refractivity contribution in [3.05, 3.63) is 58.3 Å². The van der Waals surface area contributed by atoms with Crippen molar-refractivity contribution in [2.45, 2.75) is 31.4 Å². The summed E-state index contributed by atoms with van der Waals surface area (Å²) < 4.78 is 32.5. The zero-order chi connectivity index (χ0) is 18.2. The lowest BCUT2D eigenvalue weighted by atomic mass is 10.0. The van der Waals surface area contributed by atoms with Gasteiger partial charge in [-0.05, 0) is 29.9 Å². The minimum Gasteiger partial charge on any atom is -0.379 e. The zero-order valence-electron chi connectivity index (χ0n) is 14.8. The second kappa shape index (κ2) is 10.1. The zero-order valence-corrected chi connectivity index (χ0v) is 15.6. The number of halogens is 2. The summed E-state index contributed by atoms with van der Waals surface area (Å²) in [5.74, 6) is 0. The molecule has 26 heavy (non-hydrogen) atoms.